The minimum atomic E-state index is -0.333. The molecule has 1 heterocycles. The molecule has 0 radical (unpaired) electrons. The third-order valence-electron chi connectivity index (χ3n) is 2.04. The van der Waals surface area contributed by atoms with E-state index in [1.165, 1.54) is 16.7 Å². The first-order valence-corrected chi connectivity index (χ1v) is 5.39. The Labute approximate surface area is 81.3 Å². The highest BCUT2D eigenvalue weighted by molar-refractivity contribution is 8.00. The summed E-state index contributed by atoms with van der Waals surface area (Å²) in [4.78, 5) is 23.9. The SMILES string of the molecule is CCC(CO)N1C(=O)CSCC1=O. The van der Waals surface area contributed by atoms with Crippen molar-refractivity contribution in [3.8, 4) is 0 Å². The highest BCUT2D eigenvalue weighted by Gasteiger charge is 2.31. The first-order valence-electron chi connectivity index (χ1n) is 4.24. The van der Waals surface area contributed by atoms with Gasteiger partial charge < -0.3 is 5.11 Å². The average Bonchev–Trinajstić information content (AvgIpc) is 2.11. The molecule has 1 aliphatic rings. The molecular formula is C8H13NO3S. The second-order valence-corrected chi connectivity index (χ2v) is 3.88. The number of imide groups is 1. The molecule has 1 rings (SSSR count). The van der Waals surface area contributed by atoms with Gasteiger partial charge in [0.25, 0.3) is 0 Å². The molecule has 0 bridgehead atoms. The smallest absolute Gasteiger partial charge is 0.239 e. The van der Waals surface area contributed by atoms with Crippen molar-refractivity contribution in [2.45, 2.75) is 19.4 Å². The van der Waals surface area contributed by atoms with Gasteiger partial charge in [0.1, 0.15) is 0 Å². The topological polar surface area (TPSA) is 57.6 Å². The van der Waals surface area contributed by atoms with Gasteiger partial charge in [-0.1, -0.05) is 6.92 Å². The van der Waals surface area contributed by atoms with E-state index in [0.717, 1.165) is 0 Å². The Balaban J connectivity index is 2.72. The molecule has 1 N–H and O–H groups in total. The van der Waals surface area contributed by atoms with E-state index in [0.29, 0.717) is 17.9 Å². The third kappa shape index (κ3) is 2.22. The number of carbonyl (C=O) groups is 2. The molecule has 1 unspecified atom stereocenters. The van der Waals surface area contributed by atoms with Gasteiger partial charge in [0, 0.05) is 0 Å². The van der Waals surface area contributed by atoms with Gasteiger partial charge in [-0.2, -0.15) is 0 Å². The number of thioether (sulfide) groups is 1. The van der Waals surface area contributed by atoms with Gasteiger partial charge in [0.05, 0.1) is 24.2 Å². The molecular weight excluding hydrogens is 190 g/mol. The van der Waals surface area contributed by atoms with E-state index in [1.54, 1.807) is 0 Å². The summed E-state index contributed by atoms with van der Waals surface area (Å²) in [6.45, 7) is 1.71. The molecule has 1 saturated heterocycles. The van der Waals surface area contributed by atoms with E-state index in [-0.39, 0.29) is 24.5 Å². The number of amides is 2. The number of nitrogens with zero attached hydrogens (tertiary/aromatic N) is 1. The van der Waals surface area contributed by atoms with E-state index in [2.05, 4.69) is 0 Å². The lowest BCUT2D eigenvalue weighted by atomic mass is 10.2. The first kappa shape index (κ1) is 10.5. The van der Waals surface area contributed by atoms with Crippen molar-refractivity contribution in [2.24, 2.45) is 0 Å². The molecule has 1 aliphatic heterocycles. The molecule has 13 heavy (non-hydrogen) atoms. The Morgan fingerprint density at radius 1 is 1.46 bits per heavy atom. The van der Waals surface area contributed by atoms with Crippen LogP contribution in [-0.2, 0) is 9.59 Å². The number of rotatable bonds is 3. The summed E-state index contributed by atoms with van der Waals surface area (Å²) in [5, 5.41) is 8.96. The zero-order chi connectivity index (χ0) is 9.84. The second-order valence-electron chi connectivity index (χ2n) is 2.89. The van der Waals surface area contributed by atoms with E-state index < -0.39 is 0 Å². The Morgan fingerprint density at radius 3 is 2.38 bits per heavy atom. The van der Waals surface area contributed by atoms with Crippen molar-refractivity contribution >= 4 is 23.6 Å². The average molecular weight is 203 g/mol. The Hall–Kier alpha value is -0.550. The fraction of sp³-hybridized carbons (Fsp3) is 0.750. The van der Waals surface area contributed by atoms with Crippen molar-refractivity contribution < 1.29 is 14.7 Å². The number of hydrogen-bond acceptors (Lipinski definition) is 4. The largest absolute Gasteiger partial charge is 0.394 e. The van der Waals surface area contributed by atoms with Gasteiger partial charge >= 0.3 is 0 Å². The fourth-order valence-electron chi connectivity index (χ4n) is 1.30. The zero-order valence-corrected chi connectivity index (χ0v) is 8.34. The fourth-order valence-corrected chi connectivity index (χ4v) is 2.03. The molecule has 0 aromatic rings. The van der Waals surface area contributed by atoms with E-state index >= 15 is 0 Å². The van der Waals surface area contributed by atoms with E-state index in [9.17, 15) is 9.59 Å². The summed E-state index contributed by atoms with van der Waals surface area (Å²) in [6.07, 6.45) is 0.610. The minimum Gasteiger partial charge on any atom is -0.394 e. The van der Waals surface area contributed by atoms with Gasteiger partial charge in [0.2, 0.25) is 11.8 Å². The van der Waals surface area contributed by atoms with Crippen LogP contribution in [0.1, 0.15) is 13.3 Å². The highest BCUT2D eigenvalue weighted by Crippen LogP contribution is 2.16. The third-order valence-corrected chi connectivity index (χ3v) is 2.94. The Bertz CT molecular complexity index is 199. The highest BCUT2D eigenvalue weighted by atomic mass is 32.2. The maximum absolute atomic E-state index is 11.3. The Morgan fingerprint density at radius 2 is 2.00 bits per heavy atom. The van der Waals surface area contributed by atoms with Crippen LogP contribution < -0.4 is 0 Å². The first-order chi connectivity index (χ1) is 6.20. The van der Waals surface area contributed by atoms with Crippen LogP contribution in [0.25, 0.3) is 0 Å². The van der Waals surface area contributed by atoms with Crippen LogP contribution in [-0.4, -0.2) is 46.0 Å². The maximum atomic E-state index is 11.3. The number of aliphatic hydroxyl groups is 1. The van der Waals surface area contributed by atoms with Gasteiger partial charge in [-0.15, -0.1) is 11.8 Å². The normalized spacial score (nSPS) is 20.6. The number of carbonyl (C=O) groups excluding carboxylic acids is 2. The minimum absolute atomic E-state index is 0.140. The van der Waals surface area contributed by atoms with Crippen molar-refractivity contribution in [1.29, 1.82) is 0 Å². The summed E-state index contributed by atoms with van der Waals surface area (Å²) in [5.74, 6) is 0.342. The van der Waals surface area contributed by atoms with Gasteiger partial charge in [-0.3, -0.25) is 14.5 Å². The lowest BCUT2D eigenvalue weighted by Crippen LogP contribution is -2.50. The zero-order valence-electron chi connectivity index (χ0n) is 7.52. The summed E-state index contributed by atoms with van der Waals surface area (Å²) >= 11 is 1.33. The molecule has 0 saturated carbocycles. The molecule has 5 heteroatoms. The molecule has 1 fully saturated rings. The van der Waals surface area contributed by atoms with Crippen LogP contribution in [0.2, 0.25) is 0 Å². The lowest BCUT2D eigenvalue weighted by molar-refractivity contribution is -0.146. The summed E-state index contributed by atoms with van der Waals surface area (Å²) < 4.78 is 0. The van der Waals surface area contributed by atoms with E-state index in [4.69, 9.17) is 5.11 Å². The lowest BCUT2D eigenvalue weighted by Gasteiger charge is -2.30. The predicted molar refractivity (Wildman–Crippen MR) is 50.3 cm³/mol. The van der Waals surface area contributed by atoms with Gasteiger partial charge in [0.15, 0.2) is 0 Å². The molecule has 0 aromatic carbocycles. The maximum Gasteiger partial charge on any atom is 0.239 e. The van der Waals surface area contributed by atoms with Crippen LogP contribution in [0.3, 0.4) is 0 Å². The standard InChI is InChI=1S/C8H13NO3S/c1-2-6(3-10)9-7(11)4-13-5-8(9)12/h6,10H,2-5H2,1H3. The Kier molecular flexibility index (Phi) is 3.74. The predicted octanol–water partition coefficient (Wildman–Crippen LogP) is -0.141. The summed E-state index contributed by atoms with van der Waals surface area (Å²) in [6, 6.07) is -0.333. The molecule has 0 aromatic heterocycles. The molecule has 2 amide bonds. The molecule has 0 spiro atoms. The van der Waals surface area contributed by atoms with Crippen LogP contribution >= 0.6 is 11.8 Å². The van der Waals surface area contributed by atoms with Crippen molar-refractivity contribution in [2.75, 3.05) is 18.1 Å². The van der Waals surface area contributed by atoms with Crippen LogP contribution in [0.5, 0.6) is 0 Å². The van der Waals surface area contributed by atoms with Gasteiger partial charge in [-0.25, -0.2) is 0 Å². The van der Waals surface area contributed by atoms with Gasteiger partial charge in [-0.05, 0) is 6.42 Å². The summed E-state index contributed by atoms with van der Waals surface area (Å²) in [7, 11) is 0. The van der Waals surface area contributed by atoms with Crippen LogP contribution in [0.4, 0.5) is 0 Å². The van der Waals surface area contributed by atoms with E-state index in [1.807, 2.05) is 6.92 Å². The number of hydrogen-bond donors (Lipinski definition) is 1. The molecule has 74 valence electrons. The second kappa shape index (κ2) is 4.62. The van der Waals surface area contributed by atoms with Crippen LogP contribution in [0.15, 0.2) is 0 Å². The molecule has 4 nitrogen and oxygen atoms in total. The van der Waals surface area contributed by atoms with Crippen LogP contribution in [0, 0.1) is 0 Å². The van der Waals surface area contributed by atoms with Crippen molar-refractivity contribution in [3.63, 3.8) is 0 Å². The quantitative estimate of drug-likeness (QED) is 0.649. The molecule has 1 atom stereocenters. The number of aliphatic hydroxyl groups excluding tert-OH is 1. The molecule has 0 aliphatic carbocycles. The van der Waals surface area contributed by atoms with Crippen molar-refractivity contribution in [3.05, 3.63) is 0 Å². The summed E-state index contributed by atoms with van der Waals surface area (Å²) in [5.41, 5.74) is 0. The van der Waals surface area contributed by atoms with Crippen molar-refractivity contribution in [1.82, 2.24) is 4.90 Å². The monoisotopic (exact) mass is 203 g/mol.